The summed E-state index contributed by atoms with van der Waals surface area (Å²) >= 11 is 0. The van der Waals surface area contributed by atoms with E-state index in [9.17, 15) is 13.2 Å². The van der Waals surface area contributed by atoms with Crippen LogP contribution in [0.5, 0.6) is 5.75 Å². The summed E-state index contributed by atoms with van der Waals surface area (Å²) in [6, 6.07) is 3.38. The van der Waals surface area contributed by atoms with Crippen LogP contribution in [0, 0.1) is 11.3 Å². The maximum absolute atomic E-state index is 12.6. The van der Waals surface area contributed by atoms with E-state index in [4.69, 9.17) is 15.7 Å². The highest BCUT2D eigenvalue weighted by molar-refractivity contribution is 5.49. The lowest BCUT2D eigenvalue weighted by molar-refractivity contribution is -0.137. The molecule has 1 rings (SSSR count). The van der Waals surface area contributed by atoms with Gasteiger partial charge in [0.15, 0.2) is 0 Å². The van der Waals surface area contributed by atoms with Gasteiger partial charge < -0.3 is 10.5 Å². The Hall–Kier alpha value is -1.74. The van der Waals surface area contributed by atoms with Crippen LogP contribution in [0.3, 0.4) is 0 Å². The molecular weight excluding hydrogens is 221 g/mol. The van der Waals surface area contributed by atoms with Crippen molar-refractivity contribution in [1.29, 1.82) is 5.26 Å². The third kappa shape index (κ3) is 2.25. The number of methoxy groups -OCH3 is 1. The van der Waals surface area contributed by atoms with Crippen LogP contribution >= 0.6 is 0 Å². The number of nitriles is 1. The van der Waals surface area contributed by atoms with Crippen molar-refractivity contribution in [3.63, 3.8) is 0 Å². The number of nitrogens with two attached hydrogens (primary N) is 1. The fourth-order valence-corrected chi connectivity index (χ4v) is 1.30. The highest BCUT2D eigenvalue weighted by Crippen LogP contribution is 2.35. The van der Waals surface area contributed by atoms with Crippen LogP contribution in [-0.2, 0) is 12.7 Å². The number of hydrogen-bond donors (Lipinski definition) is 1. The lowest BCUT2D eigenvalue weighted by Gasteiger charge is -2.13. The van der Waals surface area contributed by atoms with Crippen LogP contribution in [0.1, 0.15) is 16.7 Å². The molecule has 0 aromatic heterocycles. The normalized spacial score (nSPS) is 11.0. The van der Waals surface area contributed by atoms with Crippen LogP contribution in [0.15, 0.2) is 12.1 Å². The van der Waals surface area contributed by atoms with Crippen molar-refractivity contribution >= 4 is 0 Å². The van der Waals surface area contributed by atoms with E-state index < -0.39 is 17.3 Å². The van der Waals surface area contributed by atoms with Crippen molar-refractivity contribution in [3.8, 4) is 11.8 Å². The zero-order valence-electron chi connectivity index (χ0n) is 8.43. The summed E-state index contributed by atoms with van der Waals surface area (Å²) in [6.07, 6.45) is -4.57. The average Bonchev–Trinajstić information content (AvgIpc) is 2.25. The van der Waals surface area contributed by atoms with E-state index in [0.717, 1.165) is 12.1 Å². The monoisotopic (exact) mass is 230 g/mol. The molecule has 86 valence electrons. The third-order valence-corrected chi connectivity index (χ3v) is 2.07. The van der Waals surface area contributed by atoms with Gasteiger partial charge in [0.2, 0.25) is 0 Å². The van der Waals surface area contributed by atoms with Gasteiger partial charge in [-0.05, 0) is 12.1 Å². The summed E-state index contributed by atoms with van der Waals surface area (Å²) in [7, 11) is 1.31. The lowest BCUT2D eigenvalue weighted by atomic mass is 10.0. The van der Waals surface area contributed by atoms with Crippen molar-refractivity contribution in [2.45, 2.75) is 12.7 Å². The van der Waals surface area contributed by atoms with Crippen LogP contribution in [0.4, 0.5) is 13.2 Å². The van der Waals surface area contributed by atoms with Gasteiger partial charge in [0, 0.05) is 12.1 Å². The molecule has 0 aliphatic rings. The molecule has 0 heterocycles. The van der Waals surface area contributed by atoms with Gasteiger partial charge >= 0.3 is 6.18 Å². The Morgan fingerprint density at radius 3 is 2.44 bits per heavy atom. The van der Waals surface area contributed by atoms with Gasteiger partial charge in [-0.2, -0.15) is 18.4 Å². The number of alkyl halides is 3. The van der Waals surface area contributed by atoms with Gasteiger partial charge in [-0.3, -0.25) is 0 Å². The molecular formula is C10H9F3N2O. The largest absolute Gasteiger partial charge is 0.496 e. The maximum atomic E-state index is 12.6. The molecule has 0 saturated heterocycles. The Kier molecular flexibility index (Phi) is 3.40. The first-order valence-electron chi connectivity index (χ1n) is 4.32. The Balaban J connectivity index is 3.45. The van der Waals surface area contributed by atoms with Crippen LogP contribution in [0.2, 0.25) is 0 Å². The van der Waals surface area contributed by atoms with Gasteiger partial charge in [0.1, 0.15) is 5.75 Å². The summed E-state index contributed by atoms with van der Waals surface area (Å²) in [4.78, 5) is 0. The molecule has 0 radical (unpaired) electrons. The van der Waals surface area contributed by atoms with E-state index in [1.807, 2.05) is 0 Å². The molecule has 16 heavy (non-hydrogen) atoms. The van der Waals surface area contributed by atoms with E-state index in [1.165, 1.54) is 13.2 Å². The average molecular weight is 230 g/mol. The molecule has 0 saturated carbocycles. The summed E-state index contributed by atoms with van der Waals surface area (Å²) < 4.78 is 42.5. The Morgan fingerprint density at radius 1 is 1.44 bits per heavy atom. The zero-order valence-corrected chi connectivity index (χ0v) is 8.43. The van der Waals surface area contributed by atoms with E-state index >= 15 is 0 Å². The first-order valence-corrected chi connectivity index (χ1v) is 4.32. The van der Waals surface area contributed by atoms with E-state index in [2.05, 4.69) is 0 Å². The minimum Gasteiger partial charge on any atom is -0.496 e. The van der Waals surface area contributed by atoms with Crippen molar-refractivity contribution in [2.75, 3.05) is 7.11 Å². The smallest absolute Gasteiger partial charge is 0.417 e. The maximum Gasteiger partial charge on any atom is 0.417 e. The first-order chi connectivity index (χ1) is 7.43. The van der Waals surface area contributed by atoms with Crippen LogP contribution in [0.25, 0.3) is 0 Å². The number of halogens is 3. The first kappa shape index (κ1) is 12.3. The fourth-order valence-electron chi connectivity index (χ4n) is 1.30. The standard InChI is InChI=1S/C10H9F3N2O/c1-16-9-3-6(4-14)8(10(11,12)13)2-7(9)5-15/h2-3H,5,15H2,1H3. The van der Waals surface area contributed by atoms with E-state index in [1.54, 1.807) is 0 Å². The molecule has 2 N–H and O–H groups in total. The molecule has 0 unspecified atom stereocenters. The van der Waals surface area contributed by atoms with Gasteiger partial charge in [0.05, 0.1) is 24.3 Å². The van der Waals surface area contributed by atoms with Crippen molar-refractivity contribution in [2.24, 2.45) is 5.73 Å². The minimum atomic E-state index is -4.57. The number of nitrogens with zero attached hydrogens (tertiary/aromatic N) is 1. The molecule has 0 amide bonds. The molecule has 1 aromatic rings. The molecule has 0 aliphatic heterocycles. The lowest BCUT2D eigenvalue weighted by Crippen LogP contribution is -2.11. The second-order valence-corrected chi connectivity index (χ2v) is 3.02. The second kappa shape index (κ2) is 4.41. The molecule has 3 nitrogen and oxygen atoms in total. The molecule has 1 aromatic carbocycles. The SMILES string of the molecule is COc1cc(C#N)c(C(F)(F)F)cc1CN. The van der Waals surface area contributed by atoms with Gasteiger partial charge in [0.25, 0.3) is 0 Å². The van der Waals surface area contributed by atoms with Crippen molar-refractivity contribution < 1.29 is 17.9 Å². The topological polar surface area (TPSA) is 59.0 Å². The minimum absolute atomic E-state index is 0.0854. The Morgan fingerprint density at radius 2 is 2.06 bits per heavy atom. The number of benzene rings is 1. The van der Waals surface area contributed by atoms with Crippen molar-refractivity contribution in [3.05, 3.63) is 28.8 Å². The quantitative estimate of drug-likeness (QED) is 0.845. The predicted molar refractivity (Wildman–Crippen MR) is 50.6 cm³/mol. The predicted octanol–water partition coefficient (Wildman–Crippen LogP) is 2.04. The number of rotatable bonds is 2. The fraction of sp³-hybridized carbons (Fsp3) is 0.300. The molecule has 0 spiro atoms. The van der Waals surface area contributed by atoms with Crippen LogP contribution in [-0.4, -0.2) is 7.11 Å². The number of ether oxygens (including phenoxy) is 1. The van der Waals surface area contributed by atoms with Crippen LogP contribution < -0.4 is 10.5 Å². The molecule has 0 atom stereocenters. The summed E-state index contributed by atoms with van der Waals surface area (Å²) in [5.74, 6) is 0.187. The van der Waals surface area contributed by atoms with E-state index in [-0.39, 0.29) is 17.9 Å². The Labute approximate surface area is 90.2 Å². The molecule has 6 heteroatoms. The summed E-state index contributed by atoms with van der Waals surface area (Å²) in [5, 5.41) is 8.63. The third-order valence-electron chi connectivity index (χ3n) is 2.07. The molecule has 0 bridgehead atoms. The second-order valence-electron chi connectivity index (χ2n) is 3.02. The highest BCUT2D eigenvalue weighted by Gasteiger charge is 2.34. The molecule has 0 aliphatic carbocycles. The highest BCUT2D eigenvalue weighted by atomic mass is 19.4. The summed E-state index contributed by atoms with van der Waals surface area (Å²) in [5.41, 5.74) is 4.06. The Bertz CT molecular complexity index is 435. The van der Waals surface area contributed by atoms with E-state index in [0.29, 0.717) is 0 Å². The zero-order chi connectivity index (χ0) is 12.3. The van der Waals surface area contributed by atoms with Gasteiger partial charge in [-0.1, -0.05) is 0 Å². The molecule has 0 fully saturated rings. The summed E-state index contributed by atoms with van der Waals surface area (Å²) in [6.45, 7) is -0.0854. The van der Waals surface area contributed by atoms with Gasteiger partial charge in [-0.25, -0.2) is 0 Å². The van der Waals surface area contributed by atoms with Crippen molar-refractivity contribution in [1.82, 2.24) is 0 Å². The number of hydrogen-bond acceptors (Lipinski definition) is 3. The van der Waals surface area contributed by atoms with Gasteiger partial charge in [-0.15, -0.1) is 0 Å².